The molecule has 2 nitrogen and oxygen atoms in total. The molecule has 5 heteroatoms. The Morgan fingerprint density at radius 1 is 1.06 bits per heavy atom. The Labute approximate surface area is 110 Å². The van der Waals surface area contributed by atoms with Crippen molar-refractivity contribution in [1.82, 2.24) is 0 Å². The number of carbonyl (C=O) groups excluding carboxylic acids is 1. The summed E-state index contributed by atoms with van der Waals surface area (Å²) in [5.41, 5.74) is 0.280. The van der Waals surface area contributed by atoms with Gasteiger partial charge in [0, 0.05) is 10.5 Å². The van der Waals surface area contributed by atoms with Gasteiger partial charge in [0.15, 0.2) is 17.9 Å². The van der Waals surface area contributed by atoms with Crippen molar-refractivity contribution in [3.8, 4) is 11.5 Å². The third-order valence-electron chi connectivity index (χ3n) is 2.22. The van der Waals surface area contributed by atoms with Gasteiger partial charge in [0.25, 0.3) is 0 Å². The van der Waals surface area contributed by atoms with Gasteiger partial charge in [-0.15, -0.1) is 0 Å². The van der Waals surface area contributed by atoms with Crippen molar-refractivity contribution in [1.29, 1.82) is 0 Å². The van der Waals surface area contributed by atoms with Crippen molar-refractivity contribution in [3.05, 3.63) is 58.1 Å². The van der Waals surface area contributed by atoms with E-state index in [0.29, 0.717) is 16.8 Å². The van der Waals surface area contributed by atoms with E-state index in [1.165, 1.54) is 18.2 Å². The monoisotopic (exact) mass is 312 g/mol. The van der Waals surface area contributed by atoms with Crippen molar-refractivity contribution in [2.75, 3.05) is 0 Å². The highest BCUT2D eigenvalue weighted by Gasteiger charge is 2.09. The molecule has 0 amide bonds. The summed E-state index contributed by atoms with van der Waals surface area (Å²) in [4.78, 5) is 10.8. The number of hydrogen-bond donors (Lipinski definition) is 0. The van der Waals surface area contributed by atoms with E-state index >= 15 is 0 Å². The van der Waals surface area contributed by atoms with Gasteiger partial charge in [-0.2, -0.15) is 0 Å². The quantitative estimate of drug-likeness (QED) is 0.788. The van der Waals surface area contributed by atoms with E-state index in [1.54, 1.807) is 6.07 Å². The zero-order valence-electron chi connectivity index (χ0n) is 8.99. The number of carbonyl (C=O) groups is 1. The Bertz CT molecular complexity index is 600. The first-order valence-electron chi connectivity index (χ1n) is 4.98. The van der Waals surface area contributed by atoms with Gasteiger partial charge in [-0.1, -0.05) is 15.9 Å². The van der Waals surface area contributed by atoms with Crippen LogP contribution in [0.2, 0.25) is 0 Å². The molecule has 92 valence electrons. The van der Waals surface area contributed by atoms with E-state index in [0.717, 1.165) is 6.07 Å². The first-order chi connectivity index (χ1) is 8.60. The zero-order valence-corrected chi connectivity index (χ0v) is 10.6. The first kappa shape index (κ1) is 12.7. The minimum atomic E-state index is -0.827. The molecule has 0 radical (unpaired) electrons. The minimum Gasteiger partial charge on any atom is -0.453 e. The molecule has 0 fully saturated rings. The molecule has 0 aromatic heterocycles. The van der Waals surface area contributed by atoms with E-state index in [2.05, 4.69) is 15.9 Å². The van der Waals surface area contributed by atoms with Crippen LogP contribution in [0.15, 0.2) is 40.9 Å². The van der Waals surface area contributed by atoms with E-state index in [-0.39, 0.29) is 17.1 Å². The molecular formula is C13H7BrF2O2. The Kier molecular flexibility index (Phi) is 3.72. The van der Waals surface area contributed by atoms with E-state index in [1.807, 2.05) is 0 Å². The average Bonchev–Trinajstić information content (AvgIpc) is 2.33. The topological polar surface area (TPSA) is 26.3 Å². The molecule has 0 aliphatic carbocycles. The van der Waals surface area contributed by atoms with Gasteiger partial charge in [0.2, 0.25) is 0 Å². The summed E-state index contributed by atoms with van der Waals surface area (Å²) in [6, 6.07) is 7.70. The molecule has 0 N–H and O–H groups in total. The van der Waals surface area contributed by atoms with Crippen LogP contribution in [-0.2, 0) is 0 Å². The minimum absolute atomic E-state index is 0.141. The second-order valence-electron chi connectivity index (χ2n) is 3.48. The van der Waals surface area contributed by atoms with Crippen LogP contribution in [0.5, 0.6) is 11.5 Å². The van der Waals surface area contributed by atoms with Crippen LogP contribution in [0.1, 0.15) is 10.4 Å². The Hall–Kier alpha value is -1.75. The normalized spacial score (nSPS) is 10.2. The molecule has 0 unspecified atom stereocenters. The number of rotatable bonds is 3. The predicted octanol–water partition coefficient (Wildman–Crippen LogP) is 4.33. The largest absolute Gasteiger partial charge is 0.453 e. The predicted molar refractivity (Wildman–Crippen MR) is 66.0 cm³/mol. The van der Waals surface area contributed by atoms with Crippen molar-refractivity contribution in [2.24, 2.45) is 0 Å². The highest BCUT2D eigenvalue weighted by molar-refractivity contribution is 9.10. The van der Waals surface area contributed by atoms with Gasteiger partial charge in [-0.25, -0.2) is 8.78 Å². The van der Waals surface area contributed by atoms with Crippen molar-refractivity contribution in [2.45, 2.75) is 0 Å². The standard InChI is InChI=1S/C13H7BrF2O2/c14-9-2-1-8(7-17)13(5-9)18-12-4-3-10(15)6-11(12)16/h1-7H. The number of halogens is 3. The maximum absolute atomic E-state index is 13.4. The van der Waals surface area contributed by atoms with Crippen molar-refractivity contribution >= 4 is 22.2 Å². The fourth-order valence-electron chi connectivity index (χ4n) is 1.37. The van der Waals surface area contributed by atoms with Gasteiger partial charge in [-0.3, -0.25) is 4.79 Å². The number of aldehydes is 1. The molecule has 0 bridgehead atoms. The lowest BCUT2D eigenvalue weighted by atomic mass is 10.2. The summed E-state index contributed by atoms with van der Waals surface area (Å²) < 4.78 is 32.1. The number of benzene rings is 2. The fraction of sp³-hybridized carbons (Fsp3) is 0. The summed E-state index contributed by atoms with van der Waals surface area (Å²) in [6.07, 6.45) is 0.600. The van der Waals surface area contributed by atoms with Gasteiger partial charge in [-0.05, 0) is 30.3 Å². The first-order valence-corrected chi connectivity index (χ1v) is 5.77. The van der Waals surface area contributed by atoms with Crippen LogP contribution in [0.25, 0.3) is 0 Å². The average molecular weight is 313 g/mol. The molecule has 0 heterocycles. The zero-order chi connectivity index (χ0) is 13.1. The highest BCUT2D eigenvalue weighted by atomic mass is 79.9. The van der Waals surface area contributed by atoms with Crippen molar-refractivity contribution in [3.63, 3.8) is 0 Å². The molecule has 0 atom stereocenters. The SMILES string of the molecule is O=Cc1ccc(Br)cc1Oc1ccc(F)cc1F. The van der Waals surface area contributed by atoms with Crippen LogP contribution >= 0.6 is 15.9 Å². The van der Waals surface area contributed by atoms with Crippen LogP contribution in [0.3, 0.4) is 0 Å². The van der Waals surface area contributed by atoms with Crippen molar-refractivity contribution < 1.29 is 18.3 Å². The summed E-state index contributed by atoms with van der Waals surface area (Å²) in [7, 11) is 0. The van der Waals surface area contributed by atoms with E-state index in [4.69, 9.17) is 4.74 Å². The molecule has 0 saturated carbocycles. The second kappa shape index (κ2) is 5.27. The molecular weight excluding hydrogens is 306 g/mol. The lowest BCUT2D eigenvalue weighted by Crippen LogP contribution is -1.93. The Morgan fingerprint density at radius 2 is 1.83 bits per heavy atom. The summed E-state index contributed by atoms with van der Waals surface area (Å²) >= 11 is 3.22. The maximum Gasteiger partial charge on any atom is 0.168 e. The van der Waals surface area contributed by atoms with E-state index < -0.39 is 11.6 Å². The molecule has 0 spiro atoms. The van der Waals surface area contributed by atoms with Gasteiger partial charge < -0.3 is 4.74 Å². The smallest absolute Gasteiger partial charge is 0.168 e. The summed E-state index contributed by atoms with van der Waals surface area (Å²) in [6.45, 7) is 0. The van der Waals surface area contributed by atoms with Crippen LogP contribution < -0.4 is 4.74 Å². The lowest BCUT2D eigenvalue weighted by Gasteiger charge is -2.09. The Balaban J connectivity index is 2.39. The number of hydrogen-bond acceptors (Lipinski definition) is 2. The van der Waals surface area contributed by atoms with Gasteiger partial charge in [0.1, 0.15) is 11.6 Å². The molecule has 18 heavy (non-hydrogen) atoms. The lowest BCUT2D eigenvalue weighted by molar-refractivity contribution is 0.112. The fourth-order valence-corrected chi connectivity index (χ4v) is 1.71. The second-order valence-corrected chi connectivity index (χ2v) is 4.39. The number of ether oxygens (including phenoxy) is 1. The van der Waals surface area contributed by atoms with Gasteiger partial charge in [0.05, 0.1) is 5.56 Å². The molecule has 0 saturated heterocycles. The van der Waals surface area contributed by atoms with Crippen LogP contribution in [0, 0.1) is 11.6 Å². The molecule has 2 aromatic carbocycles. The summed E-state index contributed by atoms with van der Waals surface area (Å²) in [5.74, 6) is -1.46. The molecule has 0 aliphatic heterocycles. The summed E-state index contributed by atoms with van der Waals surface area (Å²) in [5, 5.41) is 0. The van der Waals surface area contributed by atoms with E-state index in [9.17, 15) is 13.6 Å². The van der Waals surface area contributed by atoms with Crippen LogP contribution in [0.4, 0.5) is 8.78 Å². The van der Waals surface area contributed by atoms with Gasteiger partial charge >= 0.3 is 0 Å². The Morgan fingerprint density at radius 3 is 2.50 bits per heavy atom. The molecule has 2 aromatic rings. The maximum atomic E-state index is 13.4. The third-order valence-corrected chi connectivity index (χ3v) is 2.71. The third kappa shape index (κ3) is 2.73. The van der Waals surface area contributed by atoms with Crippen LogP contribution in [-0.4, -0.2) is 6.29 Å². The molecule has 0 aliphatic rings. The highest BCUT2D eigenvalue weighted by Crippen LogP contribution is 2.29. The molecule has 2 rings (SSSR count).